The van der Waals surface area contributed by atoms with Crippen LogP contribution in [0.5, 0.6) is 0 Å². The molecule has 0 unspecified atom stereocenters. The van der Waals surface area contributed by atoms with Crippen molar-refractivity contribution in [3.8, 4) is 0 Å². The minimum atomic E-state index is 0.370. The molecule has 1 aromatic carbocycles. The Labute approximate surface area is 98.0 Å². The summed E-state index contributed by atoms with van der Waals surface area (Å²) in [5.41, 5.74) is 2.76. The maximum Gasteiger partial charge on any atom is 0.0727 e. The van der Waals surface area contributed by atoms with Crippen LogP contribution in [0.2, 0.25) is 0 Å². The molecular weight excluding hydrogens is 198 g/mol. The standard InChI is InChI=1S/C14H21NO/c1-11-3-5-12(6-4-11)9-13-7-8-15-10-14(13)16-2/h3-6,13-15H,7-10H2,1-2H3/t13-,14+/m1/s1. The van der Waals surface area contributed by atoms with Crippen molar-refractivity contribution in [2.45, 2.75) is 25.9 Å². The van der Waals surface area contributed by atoms with Gasteiger partial charge >= 0.3 is 0 Å². The second kappa shape index (κ2) is 5.46. The maximum absolute atomic E-state index is 5.54. The Balaban J connectivity index is 1.99. The van der Waals surface area contributed by atoms with Crippen LogP contribution in [0.1, 0.15) is 17.5 Å². The van der Waals surface area contributed by atoms with E-state index in [-0.39, 0.29) is 0 Å². The van der Waals surface area contributed by atoms with Gasteiger partial charge in [-0.3, -0.25) is 0 Å². The molecule has 0 amide bonds. The summed E-state index contributed by atoms with van der Waals surface area (Å²) in [5.74, 6) is 0.661. The zero-order chi connectivity index (χ0) is 11.4. The van der Waals surface area contributed by atoms with Crippen molar-refractivity contribution in [1.82, 2.24) is 5.32 Å². The second-order valence-electron chi connectivity index (χ2n) is 4.72. The summed E-state index contributed by atoms with van der Waals surface area (Å²) < 4.78 is 5.54. The number of methoxy groups -OCH3 is 1. The number of hydrogen-bond acceptors (Lipinski definition) is 2. The van der Waals surface area contributed by atoms with Crippen LogP contribution in [0.4, 0.5) is 0 Å². The van der Waals surface area contributed by atoms with Gasteiger partial charge in [0, 0.05) is 13.7 Å². The van der Waals surface area contributed by atoms with E-state index in [1.165, 1.54) is 17.5 Å². The fourth-order valence-corrected chi connectivity index (χ4v) is 2.42. The van der Waals surface area contributed by atoms with E-state index in [1.54, 1.807) is 0 Å². The lowest BCUT2D eigenvalue weighted by atomic mass is 9.88. The Morgan fingerprint density at radius 1 is 1.31 bits per heavy atom. The van der Waals surface area contributed by atoms with Gasteiger partial charge in [0.2, 0.25) is 0 Å². The fraction of sp³-hybridized carbons (Fsp3) is 0.571. The number of rotatable bonds is 3. The first kappa shape index (κ1) is 11.6. The van der Waals surface area contributed by atoms with Gasteiger partial charge in [-0.1, -0.05) is 29.8 Å². The molecule has 1 fully saturated rings. The number of aryl methyl sites for hydroxylation is 1. The van der Waals surface area contributed by atoms with Gasteiger partial charge in [-0.05, 0) is 37.8 Å². The Morgan fingerprint density at radius 3 is 2.75 bits per heavy atom. The first-order valence-electron chi connectivity index (χ1n) is 6.08. The third kappa shape index (κ3) is 2.83. The lowest BCUT2D eigenvalue weighted by Gasteiger charge is -2.31. The zero-order valence-electron chi connectivity index (χ0n) is 10.2. The Bertz CT molecular complexity index is 320. The highest BCUT2D eigenvalue weighted by molar-refractivity contribution is 5.21. The van der Waals surface area contributed by atoms with Gasteiger partial charge in [-0.25, -0.2) is 0 Å². The average molecular weight is 219 g/mol. The molecule has 2 atom stereocenters. The number of benzene rings is 1. The maximum atomic E-state index is 5.54. The fourth-order valence-electron chi connectivity index (χ4n) is 2.42. The molecule has 0 radical (unpaired) electrons. The van der Waals surface area contributed by atoms with Crippen LogP contribution in [0.15, 0.2) is 24.3 Å². The summed E-state index contributed by atoms with van der Waals surface area (Å²) in [4.78, 5) is 0. The summed E-state index contributed by atoms with van der Waals surface area (Å²) >= 11 is 0. The highest BCUT2D eigenvalue weighted by Crippen LogP contribution is 2.20. The summed E-state index contributed by atoms with van der Waals surface area (Å²) in [6, 6.07) is 8.87. The number of nitrogens with one attached hydrogen (secondary N) is 1. The molecule has 16 heavy (non-hydrogen) atoms. The highest BCUT2D eigenvalue weighted by Gasteiger charge is 2.24. The molecule has 1 aliphatic heterocycles. The van der Waals surface area contributed by atoms with E-state index in [0.717, 1.165) is 19.5 Å². The number of ether oxygens (including phenoxy) is 1. The Kier molecular flexibility index (Phi) is 3.97. The molecule has 0 bridgehead atoms. The molecule has 1 N–H and O–H groups in total. The summed E-state index contributed by atoms with van der Waals surface area (Å²) in [6.45, 7) is 4.25. The third-order valence-electron chi connectivity index (χ3n) is 3.48. The summed E-state index contributed by atoms with van der Waals surface area (Å²) in [5, 5.41) is 3.39. The monoisotopic (exact) mass is 219 g/mol. The zero-order valence-corrected chi connectivity index (χ0v) is 10.2. The van der Waals surface area contributed by atoms with E-state index in [1.807, 2.05) is 7.11 Å². The largest absolute Gasteiger partial charge is 0.380 e. The van der Waals surface area contributed by atoms with Gasteiger partial charge in [-0.15, -0.1) is 0 Å². The Morgan fingerprint density at radius 2 is 2.06 bits per heavy atom. The molecule has 1 aromatic rings. The van der Waals surface area contributed by atoms with Crippen molar-refractivity contribution in [2.24, 2.45) is 5.92 Å². The van der Waals surface area contributed by atoms with Gasteiger partial charge < -0.3 is 10.1 Å². The van der Waals surface area contributed by atoms with Gasteiger partial charge in [0.1, 0.15) is 0 Å². The molecule has 0 spiro atoms. The Hall–Kier alpha value is -0.860. The van der Waals surface area contributed by atoms with Crippen LogP contribution in [-0.2, 0) is 11.2 Å². The summed E-state index contributed by atoms with van der Waals surface area (Å²) in [6.07, 6.45) is 2.72. The van der Waals surface area contributed by atoms with Crippen LogP contribution in [0.25, 0.3) is 0 Å². The first-order valence-corrected chi connectivity index (χ1v) is 6.08. The molecule has 1 saturated heterocycles. The van der Waals surface area contributed by atoms with Crippen molar-refractivity contribution in [2.75, 3.05) is 20.2 Å². The quantitative estimate of drug-likeness (QED) is 0.841. The molecule has 1 heterocycles. The first-order chi connectivity index (χ1) is 7.79. The van der Waals surface area contributed by atoms with Crippen molar-refractivity contribution in [1.29, 1.82) is 0 Å². The van der Waals surface area contributed by atoms with Crippen molar-refractivity contribution >= 4 is 0 Å². The van der Waals surface area contributed by atoms with Crippen LogP contribution < -0.4 is 5.32 Å². The smallest absolute Gasteiger partial charge is 0.0727 e. The van der Waals surface area contributed by atoms with E-state index in [0.29, 0.717) is 12.0 Å². The average Bonchev–Trinajstić information content (AvgIpc) is 2.33. The van der Waals surface area contributed by atoms with Gasteiger partial charge in [-0.2, -0.15) is 0 Å². The van der Waals surface area contributed by atoms with Gasteiger partial charge in [0.15, 0.2) is 0 Å². The lowest BCUT2D eigenvalue weighted by Crippen LogP contribution is -2.42. The number of piperidine rings is 1. The van der Waals surface area contributed by atoms with Crippen LogP contribution in [-0.4, -0.2) is 26.3 Å². The second-order valence-corrected chi connectivity index (χ2v) is 4.72. The summed E-state index contributed by atoms with van der Waals surface area (Å²) in [7, 11) is 1.82. The van der Waals surface area contributed by atoms with E-state index in [2.05, 4.69) is 36.5 Å². The van der Waals surface area contributed by atoms with Gasteiger partial charge in [0.05, 0.1) is 6.10 Å². The van der Waals surface area contributed by atoms with Crippen LogP contribution in [0, 0.1) is 12.8 Å². The molecule has 0 aromatic heterocycles. The molecule has 0 aliphatic carbocycles. The third-order valence-corrected chi connectivity index (χ3v) is 3.48. The highest BCUT2D eigenvalue weighted by atomic mass is 16.5. The predicted octanol–water partition coefficient (Wildman–Crippen LogP) is 2.16. The SMILES string of the molecule is CO[C@H]1CNCC[C@@H]1Cc1ccc(C)cc1. The van der Waals surface area contributed by atoms with E-state index < -0.39 is 0 Å². The van der Waals surface area contributed by atoms with Crippen molar-refractivity contribution in [3.63, 3.8) is 0 Å². The minimum absolute atomic E-state index is 0.370. The van der Waals surface area contributed by atoms with Gasteiger partial charge in [0.25, 0.3) is 0 Å². The molecule has 1 aliphatic rings. The van der Waals surface area contributed by atoms with Crippen molar-refractivity contribution in [3.05, 3.63) is 35.4 Å². The molecule has 2 rings (SSSR count). The molecular formula is C14H21NO. The number of hydrogen-bond donors (Lipinski definition) is 1. The van der Waals surface area contributed by atoms with Crippen LogP contribution >= 0.6 is 0 Å². The van der Waals surface area contributed by atoms with Crippen LogP contribution in [0.3, 0.4) is 0 Å². The van der Waals surface area contributed by atoms with E-state index in [9.17, 15) is 0 Å². The minimum Gasteiger partial charge on any atom is -0.380 e. The van der Waals surface area contributed by atoms with E-state index >= 15 is 0 Å². The molecule has 2 heteroatoms. The topological polar surface area (TPSA) is 21.3 Å². The predicted molar refractivity (Wildman–Crippen MR) is 66.7 cm³/mol. The molecule has 0 saturated carbocycles. The van der Waals surface area contributed by atoms with Crippen molar-refractivity contribution < 1.29 is 4.74 Å². The van der Waals surface area contributed by atoms with E-state index in [4.69, 9.17) is 4.74 Å². The molecule has 88 valence electrons. The molecule has 2 nitrogen and oxygen atoms in total. The normalized spacial score (nSPS) is 25.6. The lowest BCUT2D eigenvalue weighted by molar-refractivity contribution is 0.0341.